The smallest absolute Gasteiger partial charge is 0.211 e. The monoisotopic (exact) mass is 385 g/mol. The lowest BCUT2D eigenvalue weighted by molar-refractivity contribution is 0.0340. The van der Waals surface area contributed by atoms with E-state index in [9.17, 15) is 8.42 Å². The molecule has 0 spiro atoms. The topological polar surface area (TPSA) is 90.6 Å². The first kappa shape index (κ1) is 19.8. The van der Waals surface area contributed by atoms with Crippen LogP contribution in [0, 0.1) is 0 Å². The minimum absolute atomic E-state index is 0.134. The molecule has 2 aliphatic rings. The zero-order valence-corrected chi connectivity index (χ0v) is 16.4. The van der Waals surface area contributed by atoms with Crippen molar-refractivity contribution >= 4 is 10.0 Å². The first-order valence-corrected chi connectivity index (χ1v) is 11.2. The van der Waals surface area contributed by atoms with Crippen LogP contribution in [0.3, 0.4) is 0 Å². The van der Waals surface area contributed by atoms with Gasteiger partial charge in [-0.15, -0.1) is 0 Å². The largest absolute Gasteiger partial charge is 0.379 e. The summed E-state index contributed by atoms with van der Waals surface area (Å²) in [5, 5.41) is 7.53. The molecule has 2 saturated heterocycles. The first-order chi connectivity index (χ1) is 12.6. The van der Waals surface area contributed by atoms with E-state index in [0.717, 1.165) is 65.3 Å². The summed E-state index contributed by atoms with van der Waals surface area (Å²) in [6, 6.07) is 0. The number of aromatic amines is 1. The summed E-state index contributed by atoms with van der Waals surface area (Å²) in [6.45, 7) is 9.34. The summed E-state index contributed by atoms with van der Waals surface area (Å²) in [5.41, 5.74) is 2.53. The highest BCUT2D eigenvalue weighted by molar-refractivity contribution is 7.89. The number of ether oxygens (including phenoxy) is 1. The molecular formula is C17H31N5O3S. The van der Waals surface area contributed by atoms with E-state index >= 15 is 0 Å². The van der Waals surface area contributed by atoms with Gasteiger partial charge in [0.15, 0.2) is 0 Å². The van der Waals surface area contributed by atoms with Gasteiger partial charge in [0.25, 0.3) is 0 Å². The maximum Gasteiger partial charge on any atom is 0.211 e. The fourth-order valence-electron chi connectivity index (χ4n) is 3.76. The van der Waals surface area contributed by atoms with Gasteiger partial charge < -0.3 is 9.64 Å². The van der Waals surface area contributed by atoms with Crippen LogP contribution in [0.15, 0.2) is 6.20 Å². The lowest BCUT2D eigenvalue weighted by Crippen LogP contribution is -2.40. The predicted octanol–water partition coefficient (Wildman–Crippen LogP) is 0.361. The number of H-pyrrole nitrogens is 1. The molecule has 1 aromatic heterocycles. The molecule has 26 heavy (non-hydrogen) atoms. The number of hydrogen-bond donors (Lipinski definition) is 2. The Morgan fingerprint density at radius 1 is 1.31 bits per heavy atom. The normalized spacial score (nSPS) is 23.3. The maximum atomic E-state index is 11.6. The first-order valence-electron chi connectivity index (χ1n) is 9.59. The van der Waals surface area contributed by atoms with Crippen LogP contribution >= 0.6 is 0 Å². The standard InChI is InChI=1S/C17H31N5O3S/c1-2-26(23,24)19-5-7-21-6-3-4-15(13-21)17-16(12-18-20-17)14-22-8-10-25-11-9-22/h12,15,19H,2-11,13-14H2,1H3,(H,18,20)/t15-/m1/s1. The second kappa shape index (κ2) is 9.27. The number of hydrogen-bond acceptors (Lipinski definition) is 6. The summed E-state index contributed by atoms with van der Waals surface area (Å²) < 4.78 is 31.2. The van der Waals surface area contributed by atoms with Crippen molar-refractivity contribution in [2.75, 3.05) is 58.2 Å². The molecule has 1 atom stereocenters. The van der Waals surface area contributed by atoms with Gasteiger partial charge in [-0.25, -0.2) is 13.1 Å². The van der Waals surface area contributed by atoms with Gasteiger partial charge in [0, 0.05) is 56.4 Å². The molecule has 0 amide bonds. The number of rotatable bonds is 8. The molecule has 3 rings (SSSR count). The van der Waals surface area contributed by atoms with Crippen molar-refractivity contribution in [3.05, 3.63) is 17.5 Å². The van der Waals surface area contributed by atoms with Crippen LogP contribution in [0.25, 0.3) is 0 Å². The van der Waals surface area contributed by atoms with Gasteiger partial charge in [0.05, 0.1) is 25.2 Å². The Morgan fingerprint density at radius 3 is 2.88 bits per heavy atom. The van der Waals surface area contributed by atoms with Crippen molar-refractivity contribution in [1.29, 1.82) is 0 Å². The van der Waals surface area contributed by atoms with Gasteiger partial charge in [-0.2, -0.15) is 5.10 Å². The van der Waals surface area contributed by atoms with Crippen LogP contribution in [0.2, 0.25) is 0 Å². The van der Waals surface area contributed by atoms with Gasteiger partial charge in [-0.3, -0.25) is 10.00 Å². The number of likely N-dealkylation sites (tertiary alicyclic amines) is 1. The lowest BCUT2D eigenvalue weighted by atomic mass is 9.92. The third-order valence-corrected chi connectivity index (χ3v) is 6.70. The van der Waals surface area contributed by atoms with Crippen LogP contribution in [-0.2, 0) is 21.3 Å². The van der Waals surface area contributed by atoms with Gasteiger partial charge >= 0.3 is 0 Å². The van der Waals surface area contributed by atoms with Gasteiger partial charge in [0.2, 0.25) is 10.0 Å². The average Bonchev–Trinajstić information content (AvgIpc) is 3.11. The molecule has 0 saturated carbocycles. The number of nitrogens with one attached hydrogen (secondary N) is 2. The molecule has 0 aliphatic carbocycles. The highest BCUT2D eigenvalue weighted by Gasteiger charge is 2.25. The quantitative estimate of drug-likeness (QED) is 0.672. The zero-order chi connectivity index (χ0) is 18.4. The van der Waals surface area contributed by atoms with E-state index in [2.05, 4.69) is 24.7 Å². The number of nitrogens with zero attached hydrogens (tertiary/aromatic N) is 3. The molecule has 2 fully saturated rings. The molecule has 0 aromatic carbocycles. The van der Waals surface area contributed by atoms with Crippen LogP contribution in [0.4, 0.5) is 0 Å². The van der Waals surface area contributed by atoms with E-state index in [-0.39, 0.29) is 5.75 Å². The minimum atomic E-state index is -3.11. The molecule has 0 radical (unpaired) electrons. The Kier molecular flexibility index (Phi) is 7.05. The van der Waals surface area contributed by atoms with E-state index in [1.54, 1.807) is 6.92 Å². The fraction of sp³-hybridized carbons (Fsp3) is 0.824. The zero-order valence-electron chi connectivity index (χ0n) is 15.6. The Morgan fingerprint density at radius 2 is 2.12 bits per heavy atom. The molecule has 8 nitrogen and oxygen atoms in total. The summed E-state index contributed by atoms with van der Waals surface area (Å²) >= 11 is 0. The highest BCUT2D eigenvalue weighted by atomic mass is 32.2. The average molecular weight is 386 g/mol. The number of sulfonamides is 1. The Labute approximate surface area is 156 Å². The van der Waals surface area contributed by atoms with Crippen molar-refractivity contribution in [2.24, 2.45) is 0 Å². The summed E-state index contributed by atoms with van der Waals surface area (Å²) in [4.78, 5) is 4.77. The lowest BCUT2D eigenvalue weighted by Gasteiger charge is -2.33. The molecule has 3 heterocycles. The van der Waals surface area contributed by atoms with E-state index in [1.165, 1.54) is 11.3 Å². The van der Waals surface area contributed by atoms with Gasteiger partial charge in [-0.1, -0.05) is 0 Å². The second-order valence-electron chi connectivity index (χ2n) is 7.13. The van der Waals surface area contributed by atoms with Gasteiger partial charge in [0.1, 0.15) is 0 Å². The van der Waals surface area contributed by atoms with Crippen LogP contribution in [0.5, 0.6) is 0 Å². The van der Waals surface area contributed by atoms with E-state index < -0.39 is 10.0 Å². The number of piperidine rings is 1. The molecule has 2 N–H and O–H groups in total. The van der Waals surface area contributed by atoms with Crippen molar-refractivity contribution in [2.45, 2.75) is 32.2 Å². The van der Waals surface area contributed by atoms with Crippen LogP contribution in [0.1, 0.15) is 36.9 Å². The molecule has 0 unspecified atom stereocenters. The number of morpholine rings is 1. The second-order valence-corrected chi connectivity index (χ2v) is 9.23. The molecule has 0 bridgehead atoms. The molecular weight excluding hydrogens is 354 g/mol. The Bertz CT molecular complexity index is 657. The van der Waals surface area contributed by atoms with Crippen molar-refractivity contribution in [3.63, 3.8) is 0 Å². The van der Waals surface area contributed by atoms with Crippen LogP contribution in [-0.4, -0.2) is 86.7 Å². The Hall–Kier alpha value is -1.00. The molecule has 9 heteroatoms. The summed E-state index contributed by atoms with van der Waals surface area (Å²) in [7, 11) is -3.11. The Balaban J connectivity index is 1.53. The molecule has 148 valence electrons. The summed E-state index contributed by atoms with van der Waals surface area (Å²) in [5.74, 6) is 0.569. The van der Waals surface area contributed by atoms with Crippen molar-refractivity contribution in [1.82, 2.24) is 24.7 Å². The van der Waals surface area contributed by atoms with Crippen LogP contribution < -0.4 is 4.72 Å². The van der Waals surface area contributed by atoms with Crippen molar-refractivity contribution < 1.29 is 13.2 Å². The SMILES string of the molecule is CCS(=O)(=O)NCCN1CCC[C@@H](c2[nH]ncc2CN2CCOCC2)C1. The fourth-order valence-corrected chi connectivity index (χ4v) is 4.36. The molecule has 1 aromatic rings. The predicted molar refractivity (Wildman–Crippen MR) is 101 cm³/mol. The molecule has 2 aliphatic heterocycles. The summed E-state index contributed by atoms with van der Waals surface area (Å²) in [6.07, 6.45) is 4.23. The third-order valence-electron chi connectivity index (χ3n) is 5.29. The third kappa shape index (κ3) is 5.50. The number of aromatic nitrogens is 2. The van der Waals surface area contributed by atoms with Gasteiger partial charge in [-0.05, 0) is 26.3 Å². The van der Waals surface area contributed by atoms with Crippen molar-refractivity contribution in [3.8, 4) is 0 Å². The minimum Gasteiger partial charge on any atom is -0.379 e. The maximum absolute atomic E-state index is 11.6. The van der Waals surface area contributed by atoms with E-state index in [1.807, 2.05) is 6.20 Å². The van der Waals surface area contributed by atoms with E-state index in [0.29, 0.717) is 12.5 Å². The highest BCUT2D eigenvalue weighted by Crippen LogP contribution is 2.28. The van der Waals surface area contributed by atoms with E-state index in [4.69, 9.17) is 4.74 Å².